The van der Waals surface area contributed by atoms with E-state index >= 15 is 0 Å². The van der Waals surface area contributed by atoms with E-state index in [0.29, 0.717) is 30.4 Å². The molecule has 6 nitrogen and oxygen atoms in total. The lowest BCUT2D eigenvalue weighted by molar-refractivity contribution is -0.126. The van der Waals surface area contributed by atoms with Crippen molar-refractivity contribution in [1.29, 1.82) is 0 Å². The molecule has 0 unspecified atom stereocenters. The standard InChI is InChI=1S/C11H14N4O2S/c16-8-4-3-7(5-12-8)9(17)13-11-15-14-10(18-11)6-1-2-6/h6-7H,1-5H2,(H,12,16)(H,13,15,17)/t7-/m0/s1. The molecule has 7 heteroatoms. The van der Waals surface area contributed by atoms with Crippen LogP contribution in [-0.4, -0.2) is 28.6 Å². The Morgan fingerprint density at radius 2 is 2.17 bits per heavy atom. The van der Waals surface area contributed by atoms with E-state index in [1.165, 1.54) is 24.2 Å². The van der Waals surface area contributed by atoms with Gasteiger partial charge in [0, 0.05) is 18.9 Å². The average molecular weight is 266 g/mol. The lowest BCUT2D eigenvalue weighted by Crippen LogP contribution is -2.40. The second-order valence-corrected chi connectivity index (χ2v) is 5.76. The maximum Gasteiger partial charge on any atom is 0.231 e. The molecule has 96 valence electrons. The van der Waals surface area contributed by atoms with Gasteiger partial charge in [-0.2, -0.15) is 0 Å². The number of piperidine rings is 1. The maximum atomic E-state index is 11.9. The molecule has 0 radical (unpaired) electrons. The van der Waals surface area contributed by atoms with Gasteiger partial charge in [-0.25, -0.2) is 0 Å². The number of hydrogen-bond acceptors (Lipinski definition) is 5. The van der Waals surface area contributed by atoms with Crippen LogP contribution in [0.4, 0.5) is 5.13 Å². The number of nitrogens with one attached hydrogen (secondary N) is 2. The number of hydrogen-bond donors (Lipinski definition) is 2. The van der Waals surface area contributed by atoms with Crippen molar-refractivity contribution in [2.24, 2.45) is 5.92 Å². The summed E-state index contributed by atoms with van der Waals surface area (Å²) in [5.74, 6) is 0.345. The minimum absolute atomic E-state index is 0.0194. The number of carbonyl (C=O) groups is 2. The summed E-state index contributed by atoms with van der Waals surface area (Å²) in [6.07, 6.45) is 3.38. The summed E-state index contributed by atoms with van der Waals surface area (Å²) >= 11 is 1.45. The van der Waals surface area contributed by atoms with Crippen LogP contribution >= 0.6 is 11.3 Å². The summed E-state index contributed by atoms with van der Waals surface area (Å²) in [6.45, 7) is 0.416. The highest BCUT2D eigenvalue weighted by Gasteiger charge is 2.29. The zero-order valence-electron chi connectivity index (χ0n) is 9.81. The molecule has 1 atom stereocenters. The van der Waals surface area contributed by atoms with Gasteiger partial charge in [0.05, 0.1) is 5.92 Å². The molecule has 0 aromatic carbocycles. The fourth-order valence-electron chi connectivity index (χ4n) is 1.94. The van der Waals surface area contributed by atoms with Gasteiger partial charge in [0.15, 0.2) is 0 Å². The number of anilines is 1. The van der Waals surface area contributed by atoms with E-state index in [1.54, 1.807) is 0 Å². The minimum Gasteiger partial charge on any atom is -0.355 e. The van der Waals surface area contributed by atoms with E-state index in [-0.39, 0.29) is 17.7 Å². The Labute approximate surface area is 108 Å². The molecular weight excluding hydrogens is 252 g/mol. The molecule has 2 fully saturated rings. The Bertz CT molecular complexity index is 473. The first kappa shape index (κ1) is 11.6. The highest BCUT2D eigenvalue weighted by Crippen LogP contribution is 2.42. The smallest absolute Gasteiger partial charge is 0.231 e. The summed E-state index contributed by atoms with van der Waals surface area (Å²) in [7, 11) is 0. The number of carbonyl (C=O) groups excluding carboxylic acids is 2. The van der Waals surface area contributed by atoms with E-state index in [0.717, 1.165) is 5.01 Å². The van der Waals surface area contributed by atoms with Crippen LogP contribution in [0.2, 0.25) is 0 Å². The average Bonchev–Trinajstić information content (AvgIpc) is 3.11. The molecule has 1 aromatic rings. The predicted molar refractivity (Wildman–Crippen MR) is 66.2 cm³/mol. The molecule has 0 spiro atoms. The number of rotatable bonds is 3. The van der Waals surface area contributed by atoms with E-state index in [1.807, 2.05) is 0 Å². The van der Waals surface area contributed by atoms with Crippen molar-refractivity contribution in [1.82, 2.24) is 15.5 Å². The molecule has 2 aliphatic rings. The quantitative estimate of drug-likeness (QED) is 0.850. The Hall–Kier alpha value is -1.50. The van der Waals surface area contributed by atoms with Crippen LogP contribution in [0.1, 0.15) is 36.6 Å². The molecule has 1 saturated carbocycles. The van der Waals surface area contributed by atoms with Gasteiger partial charge >= 0.3 is 0 Å². The van der Waals surface area contributed by atoms with Crippen molar-refractivity contribution in [2.75, 3.05) is 11.9 Å². The molecule has 0 bridgehead atoms. The molecule has 3 rings (SSSR count). The molecule has 1 saturated heterocycles. The van der Waals surface area contributed by atoms with Crippen molar-refractivity contribution < 1.29 is 9.59 Å². The molecular formula is C11H14N4O2S. The summed E-state index contributed by atoms with van der Waals surface area (Å²) < 4.78 is 0. The van der Waals surface area contributed by atoms with Gasteiger partial charge < -0.3 is 10.6 Å². The van der Waals surface area contributed by atoms with Crippen LogP contribution in [0.15, 0.2) is 0 Å². The van der Waals surface area contributed by atoms with Crippen LogP contribution in [0, 0.1) is 5.92 Å². The van der Waals surface area contributed by atoms with Gasteiger partial charge in [0.2, 0.25) is 16.9 Å². The molecule has 2 N–H and O–H groups in total. The van der Waals surface area contributed by atoms with Crippen molar-refractivity contribution >= 4 is 28.3 Å². The second-order valence-electron chi connectivity index (χ2n) is 4.75. The maximum absolute atomic E-state index is 11.9. The molecule has 1 aliphatic heterocycles. The highest BCUT2D eigenvalue weighted by atomic mass is 32.1. The van der Waals surface area contributed by atoms with Gasteiger partial charge in [-0.1, -0.05) is 11.3 Å². The van der Waals surface area contributed by atoms with Gasteiger partial charge in [-0.15, -0.1) is 10.2 Å². The lowest BCUT2D eigenvalue weighted by Gasteiger charge is -2.20. The van der Waals surface area contributed by atoms with Crippen LogP contribution < -0.4 is 10.6 Å². The van der Waals surface area contributed by atoms with Gasteiger partial charge in [-0.3, -0.25) is 9.59 Å². The van der Waals surface area contributed by atoms with Gasteiger partial charge in [-0.05, 0) is 19.3 Å². The van der Waals surface area contributed by atoms with Crippen molar-refractivity contribution in [3.63, 3.8) is 0 Å². The first-order valence-electron chi connectivity index (χ1n) is 6.13. The van der Waals surface area contributed by atoms with Gasteiger partial charge in [0.1, 0.15) is 5.01 Å². The minimum atomic E-state index is -0.157. The van der Waals surface area contributed by atoms with Crippen LogP contribution in [0.5, 0.6) is 0 Å². The fraction of sp³-hybridized carbons (Fsp3) is 0.636. The van der Waals surface area contributed by atoms with E-state index in [4.69, 9.17) is 0 Å². The number of nitrogens with zero attached hydrogens (tertiary/aromatic N) is 2. The monoisotopic (exact) mass is 266 g/mol. The lowest BCUT2D eigenvalue weighted by atomic mass is 9.98. The van der Waals surface area contributed by atoms with Crippen LogP contribution in [0.3, 0.4) is 0 Å². The van der Waals surface area contributed by atoms with Crippen molar-refractivity contribution in [2.45, 2.75) is 31.6 Å². The van der Waals surface area contributed by atoms with Crippen LogP contribution in [-0.2, 0) is 9.59 Å². The second kappa shape index (κ2) is 4.64. The summed E-state index contributed by atoms with van der Waals surface area (Å²) in [4.78, 5) is 23.0. The third-order valence-electron chi connectivity index (χ3n) is 3.23. The van der Waals surface area contributed by atoms with E-state index < -0.39 is 0 Å². The van der Waals surface area contributed by atoms with E-state index in [9.17, 15) is 9.59 Å². The van der Waals surface area contributed by atoms with Crippen molar-refractivity contribution in [3.8, 4) is 0 Å². The molecule has 1 aromatic heterocycles. The zero-order chi connectivity index (χ0) is 12.5. The molecule has 2 amide bonds. The number of aromatic nitrogens is 2. The molecule has 18 heavy (non-hydrogen) atoms. The topological polar surface area (TPSA) is 84.0 Å². The first-order valence-corrected chi connectivity index (χ1v) is 6.95. The third kappa shape index (κ3) is 2.50. The van der Waals surface area contributed by atoms with Crippen molar-refractivity contribution in [3.05, 3.63) is 5.01 Å². The Kier molecular flexibility index (Phi) is 2.99. The fourth-order valence-corrected chi connectivity index (χ4v) is 2.86. The number of amides is 2. The Balaban J connectivity index is 1.57. The SMILES string of the molecule is O=C1CC[C@H](C(=O)Nc2nnc(C3CC3)s2)CN1. The predicted octanol–water partition coefficient (Wildman–Crippen LogP) is 0.880. The summed E-state index contributed by atoms with van der Waals surface area (Å²) in [5.41, 5.74) is 0. The third-order valence-corrected chi connectivity index (χ3v) is 4.23. The largest absolute Gasteiger partial charge is 0.355 e. The molecule has 2 heterocycles. The van der Waals surface area contributed by atoms with Crippen LogP contribution in [0.25, 0.3) is 0 Å². The first-order chi connectivity index (χ1) is 8.72. The van der Waals surface area contributed by atoms with Gasteiger partial charge in [0.25, 0.3) is 0 Å². The normalized spacial score (nSPS) is 23.6. The summed E-state index contributed by atoms with van der Waals surface area (Å²) in [5, 5.41) is 15.1. The highest BCUT2D eigenvalue weighted by molar-refractivity contribution is 7.15. The molecule has 1 aliphatic carbocycles. The Morgan fingerprint density at radius 1 is 1.33 bits per heavy atom. The Morgan fingerprint density at radius 3 is 2.83 bits per heavy atom. The zero-order valence-corrected chi connectivity index (χ0v) is 10.6. The summed E-state index contributed by atoms with van der Waals surface area (Å²) in [6, 6.07) is 0. The van der Waals surface area contributed by atoms with E-state index in [2.05, 4.69) is 20.8 Å².